The highest BCUT2D eigenvalue weighted by Gasteiger charge is 2.41. The molecule has 3 aromatic carbocycles. The Bertz CT molecular complexity index is 1000. The summed E-state index contributed by atoms with van der Waals surface area (Å²) in [4.78, 5) is 0. The fourth-order valence-corrected chi connectivity index (χ4v) is 2.82. The van der Waals surface area contributed by atoms with Crippen molar-refractivity contribution in [2.24, 2.45) is 0 Å². The summed E-state index contributed by atoms with van der Waals surface area (Å²) in [6.45, 7) is 0. The standard InChI is InChI=1S/C21H18F4N4/c22-15-6-8-16(9-7-15)28-18-10-5-13(11-14(18)12-26)20(21(23,24)25)29-19-4-2-1-3-17(19)27/h1-12,20,26,28-29H,27H2. The summed E-state index contributed by atoms with van der Waals surface area (Å²) in [7, 11) is 0. The van der Waals surface area contributed by atoms with Gasteiger partial charge in [-0.25, -0.2) is 4.39 Å². The van der Waals surface area contributed by atoms with Gasteiger partial charge in [0.05, 0.1) is 11.4 Å². The number of halogens is 4. The monoisotopic (exact) mass is 402 g/mol. The van der Waals surface area contributed by atoms with Crippen LogP contribution in [-0.4, -0.2) is 12.4 Å². The van der Waals surface area contributed by atoms with Crippen molar-refractivity contribution in [2.45, 2.75) is 12.2 Å². The van der Waals surface area contributed by atoms with Crippen LogP contribution in [0.5, 0.6) is 0 Å². The molecule has 5 N–H and O–H groups in total. The number of benzene rings is 3. The lowest BCUT2D eigenvalue weighted by molar-refractivity contribution is -0.143. The highest BCUT2D eigenvalue weighted by atomic mass is 19.4. The van der Waals surface area contributed by atoms with Crippen molar-refractivity contribution in [1.29, 1.82) is 5.41 Å². The average molecular weight is 402 g/mol. The van der Waals surface area contributed by atoms with E-state index in [4.69, 9.17) is 11.1 Å². The minimum absolute atomic E-state index is 0.0658. The van der Waals surface area contributed by atoms with Crippen LogP contribution in [0.4, 0.5) is 40.3 Å². The maximum atomic E-state index is 13.7. The number of para-hydroxylation sites is 2. The molecule has 8 heteroatoms. The van der Waals surface area contributed by atoms with Gasteiger partial charge in [0.1, 0.15) is 11.9 Å². The maximum absolute atomic E-state index is 13.7. The Kier molecular flexibility index (Phi) is 5.72. The molecule has 0 aliphatic carbocycles. The Hall–Kier alpha value is -3.55. The van der Waals surface area contributed by atoms with E-state index in [2.05, 4.69) is 10.6 Å². The maximum Gasteiger partial charge on any atom is 0.412 e. The Balaban J connectivity index is 1.93. The molecule has 29 heavy (non-hydrogen) atoms. The molecule has 0 radical (unpaired) electrons. The van der Waals surface area contributed by atoms with Crippen molar-refractivity contribution in [3.8, 4) is 0 Å². The van der Waals surface area contributed by atoms with E-state index >= 15 is 0 Å². The van der Waals surface area contributed by atoms with Gasteiger partial charge in [0.25, 0.3) is 0 Å². The minimum Gasteiger partial charge on any atom is -0.397 e. The van der Waals surface area contributed by atoms with E-state index in [1.165, 1.54) is 54.6 Å². The van der Waals surface area contributed by atoms with Crippen molar-refractivity contribution < 1.29 is 17.6 Å². The molecular weight excluding hydrogens is 384 g/mol. The number of hydrogen-bond donors (Lipinski definition) is 4. The number of hydrogen-bond acceptors (Lipinski definition) is 4. The smallest absolute Gasteiger partial charge is 0.397 e. The van der Waals surface area contributed by atoms with Crippen molar-refractivity contribution >= 4 is 29.0 Å². The van der Waals surface area contributed by atoms with Gasteiger partial charge in [0, 0.05) is 23.2 Å². The van der Waals surface area contributed by atoms with Gasteiger partial charge in [-0.3, -0.25) is 0 Å². The Morgan fingerprint density at radius 2 is 1.62 bits per heavy atom. The highest BCUT2D eigenvalue weighted by Crippen LogP contribution is 2.38. The molecule has 0 heterocycles. The van der Waals surface area contributed by atoms with E-state index in [1.807, 2.05) is 0 Å². The summed E-state index contributed by atoms with van der Waals surface area (Å²) in [6, 6.07) is 13.8. The Labute approximate surface area is 164 Å². The van der Waals surface area contributed by atoms with E-state index < -0.39 is 18.0 Å². The molecule has 4 nitrogen and oxygen atoms in total. The van der Waals surface area contributed by atoms with E-state index in [0.29, 0.717) is 11.4 Å². The first kappa shape index (κ1) is 20.2. The first-order valence-corrected chi connectivity index (χ1v) is 8.62. The lowest BCUT2D eigenvalue weighted by atomic mass is 10.0. The second kappa shape index (κ2) is 8.22. The molecule has 3 aromatic rings. The minimum atomic E-state index is -4.59. The molecular formula is C21H18F4N4. The van der Waals surface area contributed by atoms with E-state index in [1.54, 1.807) is 12.1 Å². The molecule has 3 rings (SSSR count). The molecule has 0 spiro atoms. The van der Waals surface area contributed by atoms with Crippen LogP contribution < -0.4 is 16.4 Å². The van der Waals surface area contributed by atoms with Crippen molar-refractivity contribution in [3.63, 3.8) is 0 Å². The van der Waals surface area contributed by atoms with Crippen LogP contribution in [0.2, 0.25) is 0 Å². The molecule has 1 atom stereocenters. The number of nitrogen functional groups attached to an aromatic ring is 1. The van der Waals surface area contributed by atoms with Crippen molar-refractivity contribution in [2.75, 3.05) is 16.4 Å². The lowest BCUT2D eigenvalue weighted by Crippen LogP contribution is -2.28. The summed E-state index contributed by atoms with van der Waals surface area (Å²) in [5.41, 5.74) is 7.29. The third kappa shape index (κ3) is 4.84. The van der Waals surface area contributed by atoms with Crippen molar-refractivity contribution in [3.05, 3.63) is 83.7 Å². The number of anilines is 4. The summed E-state index contributed by atoms with van der Waals surface area (Å²) in [6.07, 6.45) is -3.63. The van der Waals surface area contributed by atoms with E-state index in [0.717, 1.165) is 6.21 Å². The molecule has 0 fully saturated rings. The largest absolute Gasteiger partial charge is 0.412 e. The van der Waals surface area contributed by atoms with Crippen LogP contribution in [0, 0.1) is 11.2 Å². The third-order valence-electron chi connectivity index (χ3n) is 4.28. The summed E-state index contributed by atoms with van der Waals surface area (Å²) in [5, 5.41) is 13.0. The summed E-state index contributed by atoms with van der Waals surface area (Å²) < 4.78 is 54.2. The molecule has 0 bridgehead atoms. The number of nitrogens with one attached hydrogen (secondary N) is 3. The number of alkyl halides is 3. The topological polar surface area (TPSA) is 73.9 Å². The van der Waals surface area contributed by atoms with E-state index in [9.17, 15) is 17.6 Å². The summed E-state index contributed by atoms with van der Waals surface area (Å²) >= 11 is 0. The Morgan fingerprint density at radius 1 is 0.931 bits per heavy atom. The molecule has 0 aliphatic rings. The molecule has 0 saturated heterocycles. The van der Waals surface area contributed by atoms with Crippen LogP contribution in [-0.2, 0) is 0 Å². The highest BCUT2D eigenvalue weighted by molar-refractivity contribution is 5.88. The fourth-order valence-electron chi connectivity index (χ4n) is 2.82. The third-order valence-corrected chi connectivity index (χ3v) is 4.28. The van der Waals surface area contributed by atoms with Gasteiger partial charge in [0.15, 0.2) is 0 Å². The van der Waals surface area contributed by atoms with Crippen LogP contribution in [0.3, 0.4) is 0 Å². The molecule has 0 aromatic heterocycles. The first-order valence-electron chi connectivity index (χ1n) is 8.62. The average Bonchev–Trinajstić information content (AvgIpc) is 2.68. The molecule has 0 amide bonds. The quantitative estimate of drug-likeness (QED) is 0.237. The summed E-state index contributed by atoms with van der Waals surface area (Å²) in [5.74, 6) is -0.405. The SMILES string of the molecule is N=Cc1cc(C(Nc2ccccc2N)C(F)(F)F)ccc1Nc1ccc(F)cc1. The van der Waals surface area contributed by atoms with Crippen LogP contribution >= 0.6 is 0 Å². The molecule has 150 valence electrons. The van der Waals surface area contributed by atoms with Gasteiger partial charge in [-0.1, -0.05) is 18.2 Å². The predicted molar refractivity (Wildman–Crippen MR) is 107 cm³/mol. The number of nitrogens with two attached hydrogens (primary N) is 1. The van der Waals surface area contributed by atoms with Crippen LogP contribution in [0.1, 0.15) is 17.2 Å². The molecule has 0 saturated carbocycles. The zero-order chi connectivity index (χ0) is 21.0. The predicted octanol–water partition coefficient (Wildman–Crippen LogP) is 5.86. The van der Waals surface area contributed by atoms with Gasteiger partial charge in [-0.15, -0.1) is 0 Å². The second-order valence-corrected chi connectivity index (χ2v) is 6.33. The Morgan fingerprint density at radius 3 is 2.24 bits per heavy atom. The fraction of sp³-hybridized carbons (Fsp3) is 0.0952. The number of rotatable bonds is 6. The van der Waals surface area contributed by atoms with Crippen LogP contribution in [0.15, 0.2) is 66.7 Å². The zero-order valence-corrected chi connectivity index (χ0v) is 15.1. The lowest BCUT2D eigenvalue weighted by Gasteiger charge is -2.24. The first-order chi connectivity index (χ1) is 13.8. The van der Waals surface area contributed by atoms with Gasteiger partial charge in [-0.2, -0.15) is 13.2 Å². The molecule has 1 unspecified atom stereocenters. The van der Waals surface area contributed by atoms with E-state index in [-0.39, 0.29) is 22.5 Å². The normalized spacial score (nSPS) is 12.3. The van der Waals surface area contributed by atoms with Crippen LogP contribution in [0.25, 0.3) is 0 Å². The zero-order valence-electron chi connectivity index (χ0n) is 15.1. The molecule has 0 aliphatic heterocycles. The van der Waals surface area contributed by atoms with Gasteiger partial charge < -0.3 is 21.8 Å². The second-order valence-electron chi connectivity index (χ2n) is 6.33. The van der Waals surface area contributed by atoms with Gasteiger partial charge in [-0.05, 0) is 54.1 Å². The van der Waals surface area contributed by atoms with Gasteiger partial charge in [0.2, 0.25) is 0 Å². The van der Waals surface area contributed by atoms with Crippen molar-refractivity contribution in [1.82, 2.24) is 0 Å². The van der Waals surface area contributed by atoms with Gasteiger partial charge >= 0.3 is 6.18 Å².